The van der Waals surface area contributed by atoms with Gasteiger partial charge >= 0.3 is 0 Å². The Labute approximate surface area is 184 Å². The number of hydrogen-bond acceptors (Lipinski definition) is 7. The van der Waals surface area contributed by atoms with Gasteiger partial charge in [0.2, 0.25) is 5.91 Å². The quantitative estimate of drug-likeness (QED) is 0.525. The molecule has 2 heterocycles. The molecular weight excluding hydrogens is 418 g/mol. The number of carbonyl (C=O) groups excluding carboxylic acids is 1. The van der Waals surface area contributed by atoms with Crippen LogP contribution in [0.5, 0.6) is 11.5 Å². The number of pyridine rings is 1. The van der Waals surface area contributed by atoms with Crippen LogP contribution in [0.25, 0.3) is 10.9 Å². The van der Waals surface area contributed by atoms with Crippen molar-refractivity contribution in [1.82, 2.24) is 9.97 Å². The number of aromatic nitrogens is 2. The number of rotatable bonds is 7. The number of methoxy groups -OCH3 is 2. The second-order valence-corrected chi connectivity index (χ2v) is 9.19. The monoisotopic (exact) mass is 443 g/mol. The summed E-state index contributed by atoms with van der Waals surface area (Å²) in [6.45, 7) is 2.09. The van der Waals surface area contributed by atoms with Crippen LogP contribution in [-0.4, -0.2) is 35.8 Å². The summed E-state index contributed by atoms with van der Waals surface area (Å²) >= 11 is 3.06. The van der Waals surface area contributed by atoms with Gasteiger partial charge in [0.05, 0.1) is 31.2 Å². The molecule has 0 saturated heterocycles. The smallest absolute Gasteiger partial charge is 0.236 e. The Bertz CT molecular complexity index is 1060. The van der Waals surface area contributed by atoms with Crippen LogP contribution in [0.15, 0.2) is 23.2 Å². The number of nitrogens with zero attached hydrogens (tertiary/aromatic N) is 2. The maximum absolute atomic E-state index is 12.5. The molecule has 3 aromatic rings. The zero-order valence-electron chi connectivity index (χ0n) is 17.4. The molecule has 0 unspecified atom stereocenters. The zero-order chi connectivity index (χ0) is 21.1. The van der Waals surface area contributed by atoms with Crippen molar-refractivity contribution in [2.45, 2.75) is 44.1 Å². The Morgan fingerprint density at radius 1 is 1.13 bits per heavy atom. The number of fused-ring (bicyclic) bond motifs is 2. The van der Waals surface area contributed by atoms with Gasteiger partial charge in [-0.2, -0.15) is 0 Å². The number of aryl methyl sites for hydroxylation is 3. The van der Waals surface area contributed by atoms with E-state index in [1.54, 1.807) is 25.6 Å². The first-order chi connectivity index (χ1) is 14.6. The minimum absolute atomic E-state index is 0.0534. The summed E-state index contributed by atoms with van der Waals surface area (Å²) in [5.74, 6) is 1.56. The Morgan fingerprint density at radius 3 is 2.63 bits per heavy atom. The number of nitrogens with one attached hydrogen (secondary N) is 1. The third-order valence-electron chi connectivity index (χ3n) is 5.17. The fourth-order valence-electron chi connectivity index (χ4n) is 3.60. The second-order valence-electron chi connectivity index (χ2n) is 7.14. The number of hydrogen-bond donors (Lipinski definition) is 1. The van der Waals surface area contributed by atoms with E-state index >= 15 is 0 Å². The van der Waals surface area contributed by atoms with Crippen molar-refractivity contribution in [1.29, 1.82) is 0 Å². The van der Waals surface area contributed by atoms with Crippen molar-refractivity contribution in [3.63, 3.8) is 0 Å². The highest BCUT2D eigenvalue weighted by molar-refractivity contribution is 8.00. The van der Waals surface area contributed by atoms with Crippen LogP contribution in [-0.2, 0) is 24.1 Å². The Hall–Kier alpha value is -2.32. The van der Waals surface area contributed by atoms with Gasteiger partial charge in [-0.1, -0.05) is 18.7 Å². The molecule has 2 aromatic heterocycles. The predicted octanol–water partition coefficient (Wildman–Crippen LogP) is 4.88. The molecule has 8 heteroatoms. The maximum atomic E-state index is 12.5. The molecule has 0 saturated carbocycles. The van der Waals surface area contributed by atoms with Crippen LogP contribution >= 0.6 is 23.1 Å². The molecule has 0 radical (unpaired) electrons. The summed E-state index contributed by atoms with van der Waals surface area (Å²) in [5.41, 5.74) is 3.08. The highest BCUT2D eigenvalue weighted by Crippen LogP contribution is 2.34. The molecule has 0 spiro atoms. The van der Waals surface area contributed by atoms with Crippen molar-refractivity contribution in [3.8, 4) is 11.5 Å². The normalized spacial score (nSPS) is 13.2. The van der Waals surface area contributed by atoms with Crippen molar-refractivity contribution in [2.75, 3.05) is 25.3 Å². The number of benzene rings is 1. The average molecular weight is 444 g/mol. The van der Waals surface area contributed by atoms with E-state index in [0.717, 1.165) is 46.4 Å². The van der Waals surface area contributed by atoms with E-state index in [-0.39, 0.29) is 5.91 Å². The van der Waals surface area contributed by atoms with Gasteiger partial charge in [-0.3, -0.25) is 4.79 Å². The van der Waals surface area contributed by atoms with E-state index in [4.69, 9.17) is 14.5 Å². The molecule has 1 N–H and O–H groups in total. The van der Waals surface area contributed by atoms with E-state index in [2.05, 4.69) is 23.3 Å². The van der Waals surface area contributed by atoms with Crippen molar-refractivity contribution in [3.05, 3.63) is 34.3 Å². The van der Waals surface area contributed by atoms with E-state index in [1.165, 1.54) is 29.5 Å². The molecule has 0 atom stereocenters. The van der Waals surface area contributed by atoms with Crippen molar-refractivity contribution < 1.29 is 14.3 Å². The SMILES string of the molecule is CCc1cc2cc(OC)c(OC)cc2nc1SCC(=O)Nc1nc2c(s1)CCCC2. The summed E-state index contributed by atoms with van der Waals surface area (Å²) in [6, 6.07) is 5.92. The fourth-order valence-corrected chi connectivity index (χ4v) is 5.56. The number of thiazole rings is 1. The first kappa shape index (κ1) is 20.9. The van der Waals surface area contributed by atoms with E-state index in [9.17, 15) is 4.79 Å². The number of anilines is 1. The summed E-state index contributed by atoms with van der Waals surface area (Å²) in [7, 11) is 3.24. The van der Waals surface area contributed by atoms with Crippen molar-refractivity contribution >= 4 is 45.0 Å². The molecule has 0 bridgehead atoms. The molecule has 0 aliphatic heterocycles. The van der Waals surface area contributed by atoms with Gasteiger partial charge in [0.1, 0.15) is 5.03 Å². The largest absolute Gasteiger partial charge is 0.493 e. The molecule has 1 aliphatic carbocycles. The van der Waals surface area contributed by atoms with E-state index in [1.807, 2.05) is 12.1 Å². The summed E-state index contributed by atoms with van der Waals surface area (Å²) in [6.07, 6.45) is 5.32. The van der Waals surface area contributed by atoms with Crippen LogP contribution in [0.3, 0.4) is 0 Å². The summed E-state index contributed by atoms with van der Waals surface area (Å²) < 4.78 is 10.8. The number of thioether (sulfide) groups is 1. The summed E-state index contributed by atoms with van der Waals surface area (Å²) in [5, 5.41) is 5.53. The third-order valence-corrected chi connectivity index (χ3v) is 7.28. The number of carbonyl (C=O) groups is 1. The highest BCUT2D eigenvalue weighted by atomic mass is 32.2. The number of amides is 1. The zero-order valence-corrected chi connectivity index (χ0v) is 19.0. The fraction of sp³-hybridized carbons (Fsp3) is 0.409. The highest BCUT2D eigenvalue weighted by Gasteiger charge is 2.17. The predicted molar refractivity (Wildman–Crippen MR) is 122 cm³/mol. The van der Waals surface area contributed by atoms with E-state index in [0.29, 0.717) is 22.4 Å². The van der Waals surface area contributed by atoms with E-state index < -0.39 is 0 Å². The van der Waals surface area contributed by atoms with Crippen LogP contribution in [0.4, 0.5) is 5.13 Å². The molecule has 158 valence electrons. The molecule has 1 aliphatic rings. The maximum Gasteiger partial charge on any atom is 0.236 e. The van der Waals surface area contributed by atoms with Gasteiger partial charge in [0, 0.05) is 16.3 Å². The lowest BCUT2D eigenvalue weighted by Gasteiger charge is -2.12. The third kappa shape index (κ3) is 4.39. The van der Waals surface area contributed by atoms with Gasteiger partial charge in [0.25, 0.3) is 0 Å². The molecule has 4 rings (SSSR count). The first-order valence-electron chi connectivity index (χ1n) is 10.1. The Morgan fingerprint density at radius 2 is 1.90 bits per heavy atom. The molecule has 0 fully saturated rings. The lowest BCUT2D eigenvalue weighted by atomic mass is 10.0. The van der Waals surface area contributed by atoms with Gasteiger partial charge in [-0.05, 0) is 49.8 Å². The van der Waals surface area contributed by atoms with Gasteiger partial charge in [-0.25, -0.2) is 9.97 Å². The average Bonchev–Trinajstić information content (AvgIpc) is 3.18. The summed E-state index contributed by atoms with van der Waals surface area (Å²) in [4.78, 5) is 23.2. The van der Waals surface area contributed by atoms with Crippen LogP contribution in [0.1, 0.15) is 35.9 Å². The second kappa shape index (κ2) is 9.22. The molecule has 1 amide bonds. The first-order valence-corrected chi connectivity index (χ1v) is 11.9. The van der Waals surface area contributed by atoms with Crippen LogP contribution < -0.4 is 14.8 Å². The lowest BCUT2D eigenvalue weighted by molar-refractivity contribution is -0.113. The molecule has 30 heavy (non-hydrogen) atoms. The van der Waals surface area contributed by atoms with Crippen LogP contribution in [0.2, 0.25) is 0 Å². The Kier molecular flexibility index (Phi) is 6.43. The topological polar surface area (TPSA) is 73.3 Å². The van der Waals surface area contributed by atoms with Gasteiger partial charge in [0.15, 0.2) is 16.6 Å². The standard InChI is InChI=1S/C22H25N3O3S2/c1-4-13-9-14-10-17(27-2)18(28-3)11-16(14)23-21(13)29-12-20(26)25-22-24-15-7-5-6-8-19(15)30-22/h9-11H,4-8,12H2,1-3H3,(H,24,25,26). The molecule has 6 nitrogen and oxygen atoms in total. The van der Waals surface area contributed by atoms with Crippen LogP contribution in [0, 0.1) is 0 Å². The molecule has 1 aromatic carbocycles. The molecular formula is C22H25N3O3S2. The van der Waals surface area contributed by atoms with Crippen molar-refractivity contribution in [2.24, 2.45) is 0 Å². The minimum Gasteiger partial charge on any atom is -0.493 e. The Balaban J connectivity index is 1.49. The number of ether oxygens (including phenoxy) is 2. The van der Waals surface area contributed by atoms with Gasteiger partial charge in [-0.15, -0.1) is 11.3 Å². The van der Waals surface area contributed by atoms with Gasteiger partial charge < -0.3 is 14.8 Å². The lowest BCUT2D eigenvalue weighted by Crippen LogP contribution is -2.14. The minimum atomic E-state index is -0.0534.